The van der Waals surface area contributed by atoms with Crippen molar-refractivity contribution in [1.82, 2.24) is 20.1 Å². The van der Waals surface area contributed by atoms with Crippen molar-refractivity contribution < 1.29 is 9.59 Å². The lowest BCUT2D eigenvalue weighted by Gasteiger charge is -2.37. The van der Waals surface area contributed by atoms with Crippen molar-refractivity contribution in [1.29, 1.82) is 0 Å². The predicted octanol–water partition coefficient (Wildman–Crippen LogP) is 0.906. The molecule has 2 amide bonds. The molecule has 1 N–H and O–H groups in total. The number of aromatic nitrogens is 1. The zero-order valence-corrected chi connectivity index (χ0v) is 14.0. The minimum atomic E-state index is -0.132. The molecule has 2 fully saturated rings. The van der Waals surface area contributed by atoms with E-state index >= 15 is 0 Å². The summed E-state index contributed by atoms with van der Waals surface area (Å²) in [6.07, 6.45) is 7.21. The number of nitrogens with one attached hydrogen (secondary N) is 1. The molecule has 1 aromatic heterocycles. The number of pyridine rings is 1. The van der Waals surface area contributed by atoms with Crippen LogP contribution in [0.2, 0.25) is 0 Å². The Kier molecular flexibility index (Phi) is 5.25. The van der Waals surface area contributed by atoms with Crippen molar-refractivity contribution >= 4 is 17.9 Å². The van der Waals surface area contributed by atoms with Crippen LogP contribution in [0.4, 0.5) is 0 Å². The molecular weight excluding hydrogens is 304 g/mol. The largest absolute Gasteiger partial charge is 0.352 e. The van der Waals surface area contributed by atoms with Gasteiger partial charge in [-0.05, 0) is 38.0 Å². The van der Waals surface area contributed by atoms with E-state index in [1.54, 1.807) is 18.3 Å². The molecule has 24 heavy (non-hydrogen) atoms. The van der Waals surface area contributed by atoms with Gasteiger partial charge in [-0.1, -0.05) is 6.07 Å². The molecule has 6 nitrogen and oxygen atoms in total. The lowest BCUT2D eigenvalue weighted by atomic mass is 10.2. The highest BCUT2D eigenvalue weighted by Crippen LogP contribution is 2.19. The number of rotatable bonds is 5. The van der Waals surface area contributed by atoms with Crippen LogP contribution < -0.4 is 5.32 Å². The Hall–Kier alpha value is -2.21. The minimum absolute atomic E-state index is 0.00427. The van der Waals surface area contributed by atoms with Crippen LogP contribution in [0.15, 0.2) is 30.5 Å². The number of piperazine rings is 1. The van der Waals surface area contributed by atoms with Gasteiger partial charge in [-0.15, -0.1) is 0 Å². The Morgan fingerprint density at radius 1 is 1.25 bits per heavy atom. The molecule has 2 heterocycles. The van der Waals surface area contributed by atoms with E-state index in [2.05, 4.69) is 15.2 Å². The summed E-state index contributed by atoms with van der Waals surface area (Å²) < 4.78 is 0. The van der Waals surface area contributed by atoms with E-state index in [-0.39, 0.29) is 17.9 Å². The molecule has 1 unspecified atom stereocenters. The summed E-state index contributed by atoms with van der Waals surface area (Å²) in [6.45, 7) is 4.68. The molecule has 3 rings (SSSR count). The molecule has 1 saturated carbocycles. The summed E-state index contributed by atoms with van der Waals surface area (Å²) in [4.78, 5) is 32.5. The van der Waals surface area contributed by atoms with Gasteiger partial charge in [0.15, 0.2) is 0 Å². The summed E-state index contributed by atoms with van der Waals surface area (Å²) in [5.41, 5.74) is 0.773. The third-order valence-corrected chi connectivity index (χ3v) is 4.56. The Balaban J connectivity index is 1.46. The topological polar surface area (TPSA) is 65.5 Å². The Labute approximate surface area is 142 Å². The number of hydrogen-bond donors (Lipinski definition) is 1. The molecule has 1 atom stereocenters. The van der Waals surface area contributed by atoms with Gasteiger partial charge in [0, 0.05) is 44.5 Å². The van der Waals surface area contributed by atoms with E-state index < -0.39 is 0 Å². The second-order valence-electron chi connectivity index (χ2n) is 6.41. The molecule has 1 aliphatic heterocycles. The fraction of sp³-hybridized carbons (Fsp3) is 0.500. The SMILES string of the molecule is CC(C(=O)NC1CC1)N1CCN(C(=O)/C=C/c2ccccn2)CC1. The van der Waals surface area contributed by atoms with Gasteiger partial charge in [0.05, 0.1) is 11.7 Å². The third kappa shape index (κ3) is 4.41. The van der Waals surface area contributed by atoms with Gasteiger partial charge in [-0.3, -0.25) is 19.5 Å². The molecule has 0 aromatic carbocycles. The highest BCUT2D eigenvalue weighted by atomic mass is 16.2. The summed E-state index contributed by atoms with van der Waals surface area (Å²) in [5.74, 6) is 0.0997. The van der Waals surface area contributed by atoms with Crippen LogP contribution in [0.5, 0.6) is 0 Å². The van der Waals surface area contributed by atoms with Crippen molar-refractivity contribution in [3.8, 4) is 0 Å². The fourth-order valence-electron chi connectivity index (χ4n) is 2.78. The fourth-order valence-corrected chi connectivity index (χ4v) is 2.78. The van der Waals surface area contributed by atoms with Crippen molar-refractivity contribution in [2.45, 2.75) is 31.8 Å². The van der Waals surface area contributed by atoms with E-state index in [9.17, 15) is 9.59 Å². The van der Waals surface area contributed by atoms with Crippen LogP contribution in [0.1, 0.15) is 25.5 Å². The number of hydrogen-bond acceptors (Lipinski definition) is 4. The first kappa shape index (κ1) is 16.6. The summed E-state index contributed by atoms with van der Waals surface area (Å²) in [7, 11) is 0. The van der Waals surface area contributed by atoms with Crippen LogP contribution >= 0.6 is 0 Å². The van der Waals surface area contributed by atoms with Crippen molar-refractivity contribution in [3.05, 3.63) is 36.2 Å². The number of carbonyl (C=O) groups excluding carboxylic acids is 2. The van der Waals surface area contributed by atoms with E-state index in [0.29, 0.717) is 19.1 Å². The normalized spacial score (nSPS) is 20.1. The van der Waals surface area contributed by atoms with Crippen molar-refractivity contribution in [2.24, 2.45) is 0 Å². The standard InChI is InChI=1S/C18H24N4O2/c1-14(18(24)20-16-5-6-16)21-10-12-22(13-11-21)17(23)8-7-15-4-2-3-9-19-15/h2-4,7-9,14,16H,5-6,10-13H2,1H3,(H,20,24)/b8-7+. The highest BCUT2D eigenvalue weighted by Gasteiger charge is 2.30. The van der Waals surface area contributed by atoms with E-state index in [1.165, 1.54) is 0 Å². The lowest BCUT2D eigenvalue weighted by molar-refractivity contribution is -0.130. The molecule has 1 aromatic rings. The smallest absolute Gasteiger partial charge is 0.246 e. The molecule has 128 valence electrons. The first-order valence-electron chi connectivity index (χ1n) is 8.56. The molecule has 1 saturated heterocycles. The van der Waals surface area contributed by atoms with Gasteiger partial charge in [-0.25, -0.2) is 0 Å². The van der Waals surface area contributed by atoms with Gasteiger partial charge >= 0.3 is 0 Å². The first-order valence-corrected chi connectivity index (χ1v) is 8.56. The summed E-state index contributed by atoms with van der Waals surface area (Å²) in [6, 6.07) is 5.86. The quantitative estimate of drug-likeness (QED) is 0.816. The van der Waals surface area contributed by atoms with E-state index in [4.69, 9.17) is 0 Å². The van der Waals surface area contributed by atoms with Gasteiger partial charge in [-0.2, -0.15) is 0 Å². The second kappa shape index (κ2) is 7.57. The van der Waals surface area contributed by atoms with Crippen molar-refractivity contribution in [2.75, 3.05) is 26.2 Å². The maximum atomic E-state index is 12.2. The Morgan fingerprint density at radius 3 is 2.62 bits per heavy atom. The van der Waals surface area contributed by atoms with Crippen LogP contribution in [-0.4, -0.2) is 64.9 Å². The minimum Gasteiger partial charge on any atom is -0.352 e. The number of carbonyl (C=O) groups is 2. The highest BCUT2D eigenvalue weighted by molar-refractivity contribution is 5.91. The summed E-state index contributed by atoms with van der Waals surface area (Å²) in [5, 5.41) is 3.04. The van der Waals surface area contributed by atoms with Gasteiger partial charge < -0.3 is 10.2 Å². The first-order chi connectivity index (χ1) is 11.6. The zero-order chi connectivity index (χ0) is 16.9. The Morgan fingerprint density at radius 2 is 2.00 bits per heavy atom. The van der Waals surface area contributed by atoms with Crippen molar-refractivity contribution in [3.63, 3.8) is 0 Å². The second-order valence-corrected chi connectivity index (χ2v) is 6.41. The molecule has 2 aliphatic rings. The van der Waals surface area contributed by atoms with Gasteiger partial charge in [0.1, 0.15) is 0 Å². The van der Waals surface area contributed by atoms with Crippen LogP contribution in [0, 0.1) is 0 Å². The molecule has 0 radical (unpaired) electrons. The van der Waals surface area contributed by atoms with E-state index in [1.807, 2.05) is 30.0 Å². The van der Waals surface area contributed by atoms with Gasteiger partial charge in [0.25, 0.3) is 0 Å². The molecule has 0 spiro atoms. The van der Waals surface area contributed by atoms with Crippen LogP contribution in [-0.2, 0) is 9.59 Å². The van der Waals surface area contributed by atoms with Gasteiger partial charge in [0.2, 0.25) is 11.8 Å². The lowest BCUT2D eigenvalue weighted by Crippen LogP contribution is -2.55. The molecular formula is C18H24N4O2. The molecule has 1 aliphatic carbocycles. The third-order valence-electron chi connectivity index (χ3n) is 4.56. The molecule has 6 heteroatoms. The maximum absolute atomic E-state index is 12.2. The average molecular weight is 328 g/mol. The average Bonchev–Trinajstić information content (AvgIpc) is 3.44. The molecule has 0 bridgehead atoms. The van der Waals surface area contributed by atoms with E-state index in [0.717, 1.165) is 31.6 Å². The zero-order valence-electron chi connectivity index (χ0n) is 14.0. The maximum Gasteiger partial charge on any atom is 0.246 e. The summed E-state index contributed by atoms with van der Waals surface area (Å²) >= 11 is 0. The Bertz CT molecular complexity index is 605. The predicted molar refractivity (Wildman–Crippen MR) is 92.1 cm³/mol. The number of amides is 2. The van der Waals surface area contributed by atoms with Crippen LogP contribution in [0.25, 0.3) is 6.08 Å². The van der Waals surface area contributed by atoms with Crippen LogP contribution in [0.3, 0.4) is 0 Å². The number of nitrogens with zero attached hydrogens (tertiary/aromatic N) is 3. The monoisotopic (exact) mass is 328 g/mol.